The molecule has 1 heterocycles. The zero-order chi connectivity index (χ0) is 23.8. The molecule has 1 amide bonds. The van der Waals surface area contributed by atoms with E-state index < -0.39 is 5.97 Å². The zero-order valence-corrected chi connectivity index (χ0v) is 21.9. The van der Waals surface area contributed by atoms with Crippen LogP contribution >= 0.6 is 23.1 Å². The van der Waals surface area contributed by atoms with Gasteiger partial charge in [-0.15, -0.1) is 23.1 Å². The van der Waals surface area contributed by atoms with E-state index >= 15 is 0 Å². The summed E-state index contributed by atoms with van der Waals surface area (Å²) < 4.78 is 5.93. The third-order valence-corrected chi connectivity index (χ3v) is 8.41. The zero-order valence-electron chi connectivity index (χ0n) is 20.3. The molecular formula is C26H39NO4S2. The molecule has 3 rings (SSSR count). The Morgan fingerprint density at radius 1 is 1.27 bits per heavy atom. The van der Waals surface area contributed by atoms with Gasteiger partial charge in [0, 0.05) is 16.8 Å². The molecule has 0 aromatic carbocycles. The summed E-state index contributed by atoms with van der Waals surface area (Å²) in [5.41, 5.74) is 1.84. The summed E-state index contributed by atoms with van der Waals surface area (Å²) in [5.74, 6) is -0.289. The number of carbonyl (C=O) groups excluding carboxylic acids is 1. The van der Waals surface area contributed by atoms with Gasteiger partial charge in [0.2, 0.25) is 5.91 Å². The van der Waals surface area contributed by atoms with E-state index in [1.165, 1.54) is 23.3 Å². The molecule has 1 N–H and O–H groups in total. The van der Waals surface area contributed by atoms with E-state index in [0.717, 1.165) is 69.1 Å². The van der Waals surface area contributed by atoms with E-state index in [2.05, 4.69) is 13.0 Å². The van der Waals surface area contributed by atoms with Gasteiger partial charge in [-0.25, -0.2) is 4.79 Å². The van der Waals surface area contributed by atoms with Crippen LogP contribution in [0.5, 0.6) is 0 Å². The maximum Gasteiger partial charge on any atom is 0.348 e. The summed E-state index contributed by atoms with van der Waals surface area (Å²) in [6, 6.07) is 2.02. The van der Waals surface area contributed by atoms with E-state index in [1.54, 1.807) is 11.8 Å². The Kier molecular flexibility index (Phi) is 10.3. The van der Waals surface area contributed by atoms with Crippen molar-refractivity contribution in [2.45, 2.75) is 96.6 Å². The van der Waals surface area contributed by atoms with Crippen LogP contribution in [0.4, 0.5) is 5.69 Å². The second-order valence-electron chi connectivity index (χ2n) is 9.36. The van der Waals surface area contributed by atoms with Crippen LogP contribution in [0.25, 0.3) is 5.57 Å². The van der Waals surface area contributed by atoms with E-state index in [4.69, 9.17) is 4.74 Å². The summed E-state index contributed by atoms with van der Waals surface area (Å²) in [6.07, 6.45) is 15.3. The maximum absolute atomic E-state index is 13.8. The SMILES string of the molecule is CCCCC(C)C(=O)N(c1cc(C2=CCCCC2)sc1C(=O)O)C1CCC(OCSC)CC1. The van der Waals surface area contributed by atoms with Gasteiger partial charge in [-0.1, -0.05) is 32.8 Å². The number of rotatable bonds is 11. The van der Waals surface area contributed by atoms with Gasteiger partial charge in [0.05, 0.1) is 17.7 Å². The molecule has 0 bridgehead atoms. The maximum atomic E-state index is 13.8. The molecule has 7 heteroatoms. The molecule has 1 aromatic heterocycles. The topological polar surface area (TPSA) is 66.8 Å². The van der Waals surface area contributed by atoms with Crippen LogP contribution in [0, 0.1) is 5.92 Å². The Hall–Kier alpha value is -1.31. The van der Waals surface area contributed by atoms with Gasteiger partial charge < -0.3 is 14.7 Å². The van der Waals surface area contributed by atoms with E-state index in [1.807, 2.05) is 24.1 Å². The fraction of sp³-hybridized carbons (Fsp3) is 0.692. The number of ether oxygens (including phenoxy) is 1. The first-order valence-corrected chi connectivity index (χ1v) is 14.7. The lowest BCUT2D eigenvalue weighted by molar-refractivity contribution is -0.122. The van der Waals surface area contributed by atoms with Crippen LogP contribution in [-0.2, 0) is 9.53 Å². The molecule has 0 aliphatic heterocycles. The van der Waals surface area contributed by atoms with Crippen LogP contribution in [0.15, 0.2) is 12.1 Å². The fourth-order valence-electron chi connectivity index (χ4n) is 4.93. The van der Waals surface area contributed by atoms with Crippen molar-refractivity contribution >= 4 is 46.2 Å². The summed E-state index contributed by atoms with van der Waals surface area (Å²) in [7, 11) is 0. The number of thiophene rings is 1. The Bertz CT molecular complexity index is 826. The molecule has 1 unspecified atom stereocenters. The molecule has 5 nitrogen and oxygen atoms in total. The number of nitrogens with zero attached hydrogens (tertiary/aromatic N) is 1. The van der Waals surface area contributed by atoms with Crippen molar-refractivity contribution in [3.05, 3.63) is 21.9 Å². The average molecular weight is 494 g/mol. The Morgan fingerprint density at radius 2 is 2.03 bits per heavy atom. The van der Waals surface area contributed by atoms with E-state index in [-0.39, 0.29) is 24.0 Å². The second-order valence-corrected chi connectivity index (χ2v) is 11.2. The predicted octanol–water partition coefficient (Wildman–Crippen LogP) is 7.21. The Labute approximate surface area is 207 Å². The lowest BCUT2D eigenvalue weighted by Gasteiger charge is -2.38. The van der Waals surface area contributed by atoms with Crippen molar-refractivity contribution in [1.29, 1.82) is 0 Å². The minimum atomic E-state index is -0.936. The first-order chi connectivity index (χ1) is 16.0. The standard InChI is InChI=1S/C26H39NO4S2/c1-4-5-9-18(2)25(28)27(20-12-14-21(15-13-20)31-17-32-3)22-16-23(33-24(22)26(29)30)19-10-7-6-8-11-19/h10,16,18,20-21H,4-9,11-15,17H2,1-3H3,(H,29,30). The molecule has 0 spiro atoms. The molecule has 2 aliphatic rings. The normalized spacial score (nSPS) is 22.0. The molecule has 2 aliphatic carbocycles. The lowest BCUT2D eigenvalue weighted by atomic mass is 9.90. The molecule has 184 valence electrons. The van der Waals surface area contributed by atoms with Crippen LogP contribution in [0.2, 0.25) is 0 Å². The third-order valence-electron chi connectivity index (χ3n) is 6.85. The highest BCUT2D eigenvalue weighted by atomic mass is 32.2. The van der Waals surface area contributed by atoms with Gasteiger partial charge in [0.15, 0.2) is 0 Å². The first-order valence-electron chi connectivity index (χ1n) is 12.5. The van der Waals surface area contributed by atoms with Gasteiger partial charge in [0.25, 0.3) is 0 Å². The van der Waals surface area contributed by atoms with Crippen molar-refractivity contribution in [3.8, 4) is 0 Å². The quantitative estimate of drug-likeness (QED) is 0.330. The van der Waals surface area contributed by atoms with Crippen molar-refractivity contribution in [2.75, 3.05) is 17.1 Å². The number of carboxylic acid groups (broad SMARTS) is 1. The average Bonchev–Trinajstić information content (AvgIpc) is 3.28. The summed E-state index contributed by atoms with van der Waals surface area (Å²) in [4.78, 5) is 29.2. The largest absolute Gasteiger partial charge is 0.477 e. The summed E-state index contributed by atoms with van der Waals surface area (Å²) in [5, 5.41) is 10.1. The molecule has 1 saturated carbocycles. The Balaban J connectivity index is 1.92. The predicted molar refractivity (Wildman–Crippen MR) is 139 cm³/mol. The molecule has 33 heavy (non-hydrogen) atoms. The molecule has 1 fully saturated rings. The van der Waals surface area contributed by atoms with Crippen LogP contribution in [-0.4, -0.2) is 41.3 Å². The van der Waals surface area contributed by atoms with Crippen molar-refractivity contribution in [2.24, 2.45) is 5.92 Å². The molecule has 1 aromatic rings. The number of aromatic carboxylic acids is 1. The number of hydrogen-bond acceptors (Lipinski definition) is 5. The highest BCUT2D eigenvalue weighted by molar-refractivity contribution is 7.98. The number of thioether (sulfide) groups is 1. The van der Waals surface area contributed by atoms with Gasteiger partial charge in [-0.05, 0) is 75.7 Å². The van der Waals surface area contributed by atoms with Crippen LogP contribution in [0.1, 0.15) is 99.0 Å². The van der Waals surface area contributed by atoms with E-state index in [0.29, 0.717) is 16.5 Å². The third kappa shape index (κ3) is 6.86. The number of anilines is 1. The Morgan fingerprint density at radius 3 is 2.64 bits per heavy atom. The van der Waals surface area contributed by atoms with Gasteiger partial charge in [-0.2, -0.15) is 0 Å². The number of carbonyl (C=O) groups is 2. The number of hydrogen-bond donors (Lipinski definition) is 1. The van der Waals surface area contributed by atoms with Crippen LogP contribution < -0.4 is 4.90 Å². The highest BCUT2D eigenvalue weighted by Crippen LogP contribution is 2.41. The second kappa shape index (κ2) is 13.0. The molecular weight excluding hydrogens is 454 g/mol. The molecule has 1 atom stereocenters. The monoisotopic (exact) mass is 493 g/mol. The van der Waals surface area contributed by atoms with Crippen molar-refractivity contribution < 1.29 is 19.4 Å². The summed E-state index contributed by atoms with van der Waals surface area (Å²) >= 11 is 3.02. The minimum absolute atomic E-state index is 0.0246. The van der Waals surface area contributed by atoms with Crippen molar-refractivity contribution in [1.82, 2.24) is 0 Å². The summed E-state index contributed by atoms with van der Waals surface area (Å²) in [6.45, 7) is 4.13. The lowest BCUT2D eigenvalue weighted by Crippen LogP contribution is -2.46. The van der Waals surface area contributed by atoms with Gasteiger partial charge in [0.1, 0.15) is 4.88 Å². The van der Waals surface area contributed by atoms with Gasteiger partial charge in [-0.3, -0.25) is 4.79 Å². The number of allylic oxidation sites excluding steroid dienone is 2. The smallest absolute Gasteiger partial charge is 0.348 e. The number of carboxylic acids is 1. The highest BCUT2D eigenvalue weighted by Gasteiger charge is 2.35. The number of unbranched alkanes of at least 4 members (excludes halogenated alkanes) is 1. The van der Waals surface area contributed by atoms with Crippen LogP contribution in [0.3, 0.4) is 0 Å². The number of amides is 1. The van der Waals surface area contributed by atoms with Crippen molar-refractivity contribution in [3.63, 3.8) is 0 Å². The first kappa shape index (κ1) is 26.3. The van der Waals surface area contributed by atoms with E-state index in [9.17, 15) is 14.7 Å². The molecule has 0 radical (unpaired) electrons. The molecule has 0 saturated heterocycles. The minimum Gasteiger partial charge on any atom is -0.477 e. The van der Waals surface area contributed by atoms with Gasteiger partial charge >= 0.3 is 5.97 Å². The fourth-order valence-corrected chi connectivity index (χ4v) is 6.32.